The number of hydrogen-bond acceptors (Lipinski definition) is 3. The minimum atomic E-state index is 0.585. The van der Waals surface area contributed by atoms with Crippen molar-refractivity contribution in [2.24, 2.45) is 0 Å². The van der Waals surface area contributed by atoms with Crippen molar-refractivity contribution in [3.63, 3.8) is 0 Å². The van der Waals surface area contributed by atoms with E-state index >= 15 is 0 Å². The van der Waals surface area contributed by atoms with Crippen molar-refractivity contribution in [2.45, 2.75) is 45.8 Å². The van der Waals surface area contributed by atoms with Crippen LogP contribution in [0.3, 0.4) is 0 Å². The highest BCUT2D eigenvalue weighted by molar-refractivity contribution is 6.31. The summed E-state index contributed by atoms with van der Waals surface area (Å²) in [7, 11) is 0. The third-order valence-corrected chi connectivity index (χ3v) is 5.72. The summed E-state index contributed by atoms with van der Waals surface area (Å²) in [4.78, 5) is 2.46. The number of aryl methyl sites for hydroxylation is 1. The lowest BCUT2D eigenvalue weighted by molar-refractivity contribution is 0.214. The number of hydrogen-bond donors (Lipinski definition) is 1. The maximum absolute atomic E-state index is 6.31. The van der Waals surface area contributed by atoms with E-state index in [1.807, 2.05) is 24.3 Å². The number of benzene rings is 1. The molecule has 1 saturated heterocycles. The Hall–Kier alpha value is -1.62. The molecule has 0 spiro atoms. The van der Waals surface area contributed by atoms with Gasteiger partial charge < -0.3 is 5.32 Å². The molecule has 0 saturated carbocycles. The third kappa shape index (κ3) is 4.56. The molecular formula is C21H29ClN4. The summed E-state index contributed by atoms with van der Waals surface area (Å²) in [5, 5.41) is 9.28. The summed E-state index contributed by atoms with van der Waals surface area (Å²) in [6.45, 7) is 13.0. The van der Waals surface area contributed by atoms with Crippen LogP contribution in [0.2, 0.25) is 5.02 Å². The second kappa shape index (κ2) is 8.85. The Kier molecular flexibility index (Phi) is 6.52. The molecule has 4 nitrogen and oxygen atoms in total. The molecule has 0 bridgehead atoms. The molecule has 0 radical (unpaired) electrons. The quantitative estimate of drug-likeness (QED) is 0.747. The Morgan fingerprint density at radius 2 is 2.00 bits per heavy atom. The Morgan fingerprint density at radius 1 is 1.27 bits per heavy atom. The van der Waals surface area contributed by atoms with E-state index < -0.39 is 0 Å². The van der Waals surface area contributed by atoms with Gasteiger partial charge in [0, 0.05) is 35.4 Å². The number of likely N-dealkylation sites (tertiary alicyclic amines) is 1. The second-order valence-corrected chi connectivity index (χ2v) is 7.55. The van der Waals surface area contributed by atoms with Crippen LogP contribution >= 0.6 is 11.6 Å². The summed E-state index contributed by atoms with van der Waals surface area (Å²) >= 11 is 6.31. The highest BCUT2D eigenvalue weighted by Gasteiger charge is 2.19. The SMILES string of the molecule is C=CCN1CCC(NCc2c(C)nn(Cc3ccccc3Cl)c2C)CC1. The second-order valence-electron chi connectivity index (χ2n) is 7.14. The van der Waals surface area contributed by atoms with Gasteiger partial charge in [-0.15, -0.1) is 6.58 Å². The summed E-state index contributed by atoms with van der Waals surface area (Å²) in [6.07, 6.45) is 4.38. The summed E-state index contributed by atoms with van der Waals surface area (Å²) in [6, 6.07) is 8.57. The Balaban J connectivity index is 1.60. The smallest absolute Gasteiger partial charge is 0.0677 e. The number of piperidine rings is 1. The van der Waals surface area contributed by atoms with Gasteiger partial charge in [0.05, 0.1) is 12.2 Å². The Bertz CT molecular complexity index is 744. The normalized spacial score (nSPS) is 16.1. The predicted molar refractivity (Wildman–Crippen MR) is 109 cm³/mol. The topological polar surface area (TPSA) is 33.1 Å². The van der Waals surface area contributed by atoms with Crippen LogP contribution in [0.25, 0.3) is 0 Å². The van der Waals surface area contributed by atoms with Crippen molar-refractivity contribution in [3.8, 4) is 0 Å². The molecule has 2 heterocycles. The highest BCUT2D eigenvalue weighted by atomic mass is 35.5. The first-order valence-electron chi connectivity index (χ1n) is 9.41. The number of nitrogens with one attached hydrogen (secondary N) is 1. The van der Waals surface area contributed by atoms with Gasteiger partial charge in [0.2, 0.25) is 0 Å². The van der Waals surface area contributed by atoms with Crippen LogP contribution in [0.4, 0.5) is 0 Å². The van der Waals surface area contributed by atoms with E-state index in [9.17, 15) is 0 Å². The fourth-order valence-electron chi connectivity index (χ4n) is 3.68. The number of rotatable bonds is 7. The third-order valence-electron chi connectivity index (χ3n) is 5.35. The molecule has 1 N–H and O–H groups in total. The zero-order valence-electron chi connectivity index (χ0n) is 15.8. The van der Waals surface area contributed by atoms with E-state index in [-0.39, 0.29) is 0 Å². The molecule has 1 aromatic heterocycles. The fourth-order valence-corrected chi connectivity index (χ4v) is 3.88. The molecule has 1 aliphatic rings. The van der Waals surface area contributed by atoms with Crippen molar-refractivity contribution in [2.75, 3.05) is 19.6 Å². The van der Waals surface area contributed by atoms with Gasteiger partial charge in [-0.1, -0.05) is 35.9 Å². The van der Waals surface area contributed by atoms with Crippen molar-refractivity contribution < 1.29 is 0 Å². The van der Waals surface area contributed by atoms with Crippen LogP contribution in [0.1, 0.15) is 35.4 Å². The van der Waals surface area contributed by atoms with Crippen molar-refractivity contribution in [1.82, 2.24) is 20.0 Å². The Morgan fingerprint density at radius 3 is 2.69 bits per heavy atom. The monoisotopic (exact) mass is 372 g/mol. The first kappa shape index (κ1) is 19.2. The largest absolute Gasteiger partial charge is 0.310 e. The Labute approximate surface area is 161 Å². The van der Waals surface area contributed by atoms with Crippen LogP contribution in [-0.2, 0) is 13.1 Å². The molecule has 26 heavy (non-hydrogen) atoms. The van der Waals surface area contributed by atoms with Crippen LogP contribution in [0, 0.1) is 13.8 Å². The highest BCUT2D eigenvalue weighted by Crippen LogP contribution is 2.20. The number of nitrogens with zero attached hydrogens (tertiary/aromatic N) is 3. The average molecular weight is 373 g/mol. The van der Waals surface area contributed by atoms with Crippen molar-refractivity contribution in [3.05, 3.63) is 64.5 Å². The van der Waals surface area contributed by atoms with E-state index in [0.717, 1.165) is 42.5 Å². The fraction of sp³-hybridized carbons (Fsp3) is 0.476. The minimum absolute atomic E-state index is 0.585. The summed E-state index contributed by atoms with van der Waals surface area (Å²) < 4.78 is 2.07. The van der Waals surface area contributed by atoms with Gasteiger partial charge in [-0.3, -0.25) is 9.58 Å². The molecule has 1 aromatic carbocycles. The molecule has 0 aliphatic carbocycles. The molecular weight excluding hydrogens is 344 g/mol. The van der Waals surface area contributed by atoms with Gasteiger partial charge in [0.15, 0.2) is 0 Å². The number of halogens is 1. The predicted octanol–water partition coefficient (Wildman–Crippen LogP) is 3.94. The number of aromatic nitrogens is 2. The first-order chi connectivity index (χ1) is 12.6. The standard InChI is InChI=1S/C21H29ClN4/c1-4-11-25-12-9-19(10-13-25)23-14-20-16(2)24-26(17(20)3)15-18-7-5-6-8-21(18)22/h4-8,19,23H,1,9-15H2,2-3H3. The lowest BCUT2D eigenvalue weighted by Gasteiger charge is -2.31. The maximum atomic E-state index is 6.31. The van der Waals surface area contributed by atoms with Crippen LogP contribution < -0.4 is 5.32 Å². The lowest BCUT2D eigenvalue weighted by Crippen LogP contribution is -2.42. The summed E-state index contributed by atoms with van der Waals surface area (Å²) in [5.74, 6) is 0. The molecule has 2 aromatic rings. The molecule has 1 aliphatic heterocycles. The van der Waals surface area contributed by atoms with Crippen molar-refractivity contribution >= 4 is 11.6 Å². The van der Waals surface area contributed by atoms with Gasteiger partial charge in [-0.25, -0.2) is 0 Å². The molecule has 1 fully saturated rings. The van der Waals surface area contributed by atoms with Crippen LogP contribution in [0.15, 0.2) is 36.9 Å². The van der Waals surface area contributed by atoms with Gasteiger partial charge in [-0.05, 0) is 51.4 Å². The molecule has 3 rings (SSSR count). The van der Waals surface area contributed by atoms with Gasteiger partial charge in [0.1, 0.15) is 0 Å². The lowest BCUT2D eigenvalue weighted by atomic mass is 10.0. The average Bonchev–Trinajstić information content (AvgIpc) is 2.90. The van der Waals surface area contributed by atoms with E-state index in [2.05, 4.69) is 41.4 Å². The molecule has 0 amide bonds. The molecule has 5 heteroatoms. The van der Waals surface area contributed by atoms with E-state index in [1.54, 1.807) is 0 Å². The van der Waals surface area contributed by atoms with E-state index in [4.69, 9.17) is 16.7 Å². The van der Waals surface area contributed by atoms with Gasteiger partial charge in [-0.2, -0.15) is 5.10 Å². The van der Waals surface area contributed by atoms with Crippen LogP contribution in [0.5, 0.6) is 0 Å². The zero-order valence-corrected chi connectivity index (χ0v) is 16.6. The summed E-state index contributed by atoms with van der Waals surface area (Å²) in [5.41, 5.74) is 4.74. The van der Waals surface area contributed by atoms with Crippen molar-refractivity contribution in [1.29, 1.82) is 0 Å². The van der Waals surface area contributed by atoms with E-state index in [0.29, 0.717) is 12.6 Å². The maximum Gasteiger partial charge on any atom is 0.0677 e. The van der Waals surface area contributed by atoms with Gasteiger partial charge in [0.25, 0.3) is 0 Å². The molecule has 0 unspecified atom stereocenters. The van der Waals surface area contributed by atoms with Gasteiger partial charge >= 0.3 is 0 Å². The minimum Gasteiger partial charge on any atom is -0.310 e. The van der Waals surface area contributed by atoms with E-state index in [1.165, 1.54) is 24.1 Å². The molecule has 0 atom stereocenters. The van der Waals surface area contributed by atoms with Crippen LogP contribution in [-0.4, -0.2) is 40.4 Å². The first-order valence-corrected chi connectivity index (χ1v) is 9.79. The molecule has 140 valence electrons. The zero-order chi connectivity index (χ0) is 18.5.